The SMILES string of the molecule is Cc1cccc2c1C(=O)N(C1CCCO1)C2=O. The summed E-state index contributed by atoms with van der Waals surface area (Å²) >= 11 is 0. The molecule has 1 aromatic carbocycles. The maximum Gasteiger partial charge on any atom is 0.263 e. The molecule has 0 radical (unpaired) electrons. The second-order valence-corrected chi connectivity index (χ2v) is 4.45. The molecule has 1 saturated heterocycles. The minimum absolute atomic E-state index is 0.213. The monoisotopic (exact) mass is 231 g/mol. The van der Waals surface area contributed by atoms with Crippen molar-refractivity contribution in [3.8, 4) is 0 Å². The molecule has 1 aromatic rings. The summed E-state index contributed by atoms with van der Waals surface area (Å²) in [7, 11) is 0. The molecule has 17 heavy (non-hydrogen) atoms. The van der Waals surface area contributed by atoms with Gasteiger partial charge in [-0.1, -0.05) is 12.1 Å². The highest BCUT2D eigenvalue weighted by Crippen LogP contribution is 2.30. The number of ether oxygens (including phenoxy) is 1. The average molecular weight is 231 g/mol. The van der Waals surface area contributed by atoms with Crippen molar-refractivity contribution in [2.75, 3.05) is 6.61 Å². The molecule has 2 heterocycles. The normalized spacial score (nSPS) is 23.4. The number of imide groups is 1. The minimum Gasteiger partial charge on any atom is -0.358 e. The molecule has 1 atom stereocenters. The molecular formula is C13H13NO3. The summed E-state index contributed by atoms with van der Waals surface area (Å²) in [5.74, 6) is -0.435. The van der Waals surface area contributed by atoms with E-state index in [1.165, 1.54) is 4.90 Å². The lowest BCUT2D eigenvalue weighted by molar-refractivity contribution is -0.00123. The van der Waals surface area contributed by atoms with Crippen molar-refractivity contribution in [1.82, 2.24) is 4.90 Å². The van der Waals surface area contributed by atoms with Crippen LogP contribution in [0.3, 0.4) is 0 Å². The average Bonchev–Trinajstić information content (AvgIpc) is 2.88. The molecule has 2 amide bonds. The molecule has 4 heteroatoms. The fourth-order valence-corrected chi connectivity index (χ4v) is 2.50. The largest absolute Gasteiger partial charge is 0.358 e. The molecule has 0 spiro atoms. The number of carbonyl (C=O) groups excluding carboxylic acids is 2. The van der Waals surface area contributed by atoms with Crippen LogP contribution in [0.2, 0.25) is 0 Å². The first kappa shape index (κ1) is 10.5. The highest BCUT2D eigenvalue weighted by Gasteiger charge is 2.42. The maximum absolute atomic E-state index is 12.2. The lowest BCUT2D eigenvalue weighted by Gasteiger charge is -2.20. The van der Waals surface area contributed by atoms with Crippen LogP contribution in [-0.4, -0.2) is 29.5 Å². The first-order valence-corrected chi connectivity index (χ1v) is 5.79. The van der Waals surface area contributed by atoms with Gasteiger partial charge in [0.25, 0.3) is 11.8 Å². The Morgan fingerprint density at radius 1 is 1.29 bits per heavy atom. The van der Waals surface area contributed by atoms with Gasteiger partial charge in [0.05, 0.1) is 11.1 Å². The summed E-state index contributed by atoms with van der Waals surface area (Å²) in [6.45, 7) is 2.47. The van der Waals surface area contributed by atoms with E-state index in [0.29, 0.717) is 17.7 Å². The van der Waals surface area contributed by atoms with E-state index in [1.54, 1.807) is 12.1 Å². The van der Waals surface area contributed by atoms with E-state index < -0.39 is 0 Å². The van der Waals surface area contributed by atoms with Crippen LogP contribution in [0, 0.1) is 6.92 Å². The number of hydrogen-bond donors (Lipinski definition) is 0. The van der Waals surface area contributed by atoms with Crippen molar-refractivity contribution < 1.29 is 14.3 Å². The van der Waals surface area contributed by atoms with E-state index in [4.69, 9.17) is 4.74 Å². The van der Waals surface area contributed by atoms with Gasteiger partial charge >= 0.3 is 0 Å². The summed E-state index contributed by atoms with van der Waals surface area (Å²) in [6, 6.07) is 5.36. The Hall–Kier alpha value is -1.68. The van der Waals surface area contributed by atoms with E-state index in [0.717, 1.165) is 18.4 Å². The molecule has 0 aromatic heterocycles. The molecule has 2 aliphatic heterocycles. The third kappa shape index (κ3) is 1.41. The van der Waals surface area contributed by atoms with Crippen LogP contribution in [0.5, 0.6) is 0 Å². The minimum atomic E-state index is -0.373. The Balaban J connectivity index is 2.05. The molecular weight excluding hydrogens is 218 g/mol. The van der Waals surface area contributed by atoms with Gasteiger partial charge in [-0.15, -0.1) is 0 Å². The predicted octanol–water partition coefficient (Wildman–Crippen LogP) is 1.73. The van der Waals surface area contributed by atoms with Crippen molar-refractivity contribution in [3.05, 3.63) is 34.9 Å². The van der Waals surface area contributed by atoms with Crippen molar-refractivity contribution in [2.45, 2.75) is 26.0 Å². The zero-order valence-corrected chi connectivity index (χ0v) is 9.60. The number of carbonyl (C=O) groups is 2. The van der Waals surface area contributed by atoms with Crippen LogP contribution >= 0.6 is 0 Å². The molecule has 0 aliphatic carbocycles. The number of benzene rings is 1. The zero-order chi connectivity index (χ0) is 12.0. The third-order valence-electron chi connectivity index (χ3n) is 3.35. The highest BCUT2D eigenvalue weighted by molar-refractivity contribution is 6.22. The topological polar surface area (TPSA) is 46.6 Å². The molecule has 0 saturated carbocycles. The summed E-state index contributed by atoms with van der Waals surface area (Å²) in [6.07, 6.45) is 1.27. The summed E-state index contributed by atoms with van der Waals surface area (Å²) in [5.41, 5.74) is 1.89. The van der Waals surface area contributed by atoms with Crippen molar-refractivity contribution in [3.63, 3.8) is 0 Å². The maximum atomic E-state index is 12.2. The number of nitrogens with zero attached hydrogens (tertiary/aromatic N) is 1. The molecule has 1 unspecified atom stereocenters. The Kier molecular flexibility index (Phi) is 2.26. The molecule has 3 rings (SSSR count). The van der Waals surface area contributed by atoms with Crippen LogP contribution in [0.15, 0.2) is 18.2 Å². The van der Waals surface area contributed by atoms with E-state index in [2.05, 4.69) is 0 Å². The van der Waals surface area contributed by atoms with Gasteiger partial charge in [0.1, 0.15) is 6.23 Å². The van der Waals surface area contributed by atoms with Crippen LogP contribution < -0.4 is 0 Å². The van der Waals surface area contributed by atoms with E-state index in [1.807, 2.05) is 13.0 Å². The molecule has 1 fully saturated rings. The Morgan fingerprint density at radius 3 is 2.76 bits per heavy atom. The molecule has 0 N–H and O–H groups in total. The lowest BCUT2D eigenvalue weighted by atomic mass is 10.0. The first-order valence-electron chi connectivity index (χ1n) is 5.79. The highest BCUT2D eigenvalue weighted by atomic mass is 16.5. The smallest absolute Gasteiger partial charge is 0.263 e. The second-order valence-electron chi connectivity index (χ2n) is 4.45. The van der Waals surface area contributed by atoms with E-state index in [-0.39, 0.29) is 18.0 Å². The Labute approximate surface area is 99.2 Å². The van der Waals surface area contributed by atoms with Crippen molar-refractivity contribution >= 4 is 11.8 Å². The number of fused-ring (bicyclic) bond motifs is 1. The van der Waals surface area contributed by atoms with Gasteiger partial charge in [-0.05, 0) is 31.4 Å². The number of amides is 2. The number of hydrogen-bond acceptors (Lipinski definition) is 3. The number of aryl methyl sites for hydroxylation is 1. The van der Waals surface area contributed by atoms with Gasteiger partial charge < -0.3 is 4.74 Å². The van der Waals surface area contributed by atoms with Gasteiger partial charge in [0, 0.05) is 6.61 Å². The predicted molar refractivity (Wildman–Crippen MR) is 60.7 cm³/mol. The van der Waals surface area contributed by atoms with Crippen LogP contribution in [0.1, 0.15) is 39.1 Å². The van der Waals surface area contributed by atoms with Crippen LogP contribution in [0.25, 0.3) is 0 Å². The fourth-order valence-electron chi connectivity index (χ4n) is 2.50. The summed E-state index contributed by atoms with van der Waals surface area (Å²) < 4.78 is 5.43. The fraction of sp³-hybridized carbons (Fsp3) is 0.385. The van der Waals surface area contributed by atoms with Gasteiger partial charge in [-0.25, -0.2) is 4.90 Å². The summed E-state index contributed by atoms with van der Waals surface area (Å²) in [4.78, 5) is 25.7. The van der Waals surface area contributed by atoms with Crippen molar-refractivity contribution in [1.29, 1.82) is 0 Å². The van der Waals surface area contributed by atoms with Crippen LogP contribution in [-0.2, 0) is 4.74 Å². The van der Waals surface area contributed by atoms with Crippen LogP contribution in [0.4, 0.5) is 0 Å². The van der Waals surface area contributed by atoms with Crippen molar-refractivity contribution in [2.24, 2.45) is 0 Å². The Morgan fingerprint density at radius 2 is 2.12 bits per heavy atom. The lowest BCUT2D eigenvalue weighted by Crippen LogP contribution is -2.39. The summed E-state index contributed by atoms with van der Waals surface area (Å²) in [5, 5.41) is 0. The Bertz CT molecular complexity index is 503. The zero-order valence-electron chi connectivity index (χ0n) is 9.60. The quantitative estimate of drug-likeness (QED) is 0.691. The van der Waals surface area contributed by atoms with Gasteiger partial charge in [0.15, 0.2) is 0 Å². The second kappa shape index (κ2) is 3.67. The van der Waals surface area contributed by atoms with E-state index >= 15 is 0 Å². The molecule has 88 valence electrons. The van der Waals surface area contributed by atoms with Gasteiger partial charge in [-0.2, -0.15) is 0 Å². The standard InChI is InChI=1S/C13H13NO3/c1-8-4-2-5-9-11(8)13(16)14(12(9)15)10-6-3-7-17-10/h2,4-5,10H,3,6-7H2,1H3. The number of rotatable bonds is 1. The third-order valence-corrected chi connectivity index (χ3v) is 3.35. The van der Waals surface area contributed by atoms with Gasteiger partial charge in [0.2, 0.25) is 0 Å². The van der Waals surface area contributed by atoms with Gasteiger partial charge in [-0.3, -0.25) is 9.59 Å². The first-order chi connectivity index (χ1) is 8.20. The van der Waals surface area contributed by atoms with E-state index in [9.17, 15) is 9.59 Å². The molecule has 2 aliphatic rings. The molecule has 4 nitrogen and oxygen atoms in total. The molecule has 0 bridgehead atoms.